The highest BCUT2D eigenvalue weighted by atomic mass is 35.5. The fourth-order valence-electron chi connectivity index (χ4n) is 4.23. The van der Waals surface area contributed by atoms with Gasteiger partial charge in [0.05, 0.1) is 16.2 Å². The number of H-pyrrole nitrogens is 2. The molecule has 0 aliphatic carbocycles. The Morgan fingerprint density at radius 3 is 2.42 bits per heavy atom. The summed E-state index contributed by atoms with van der Waals surface area (Å²) >= 11 is 12.3. The van der Waals surface area contributed by atoms with Gasteiger partial charge in [0.1, 0.15) is 5.52 Å². The number of hydrogen-bond donors (Lipinski definition) is 2. The summed E-state index contributed by atoms with van der Waals surface area (Å²) in [6, 6.07) is 13.1. The first-order chi connectivity index (χ1) is 15.0. The van der Waals surface area contributed by atoms with Crippen LogP contribution in [0.3, 0.4) is 0 Å². The predicted molar refractivity (Wildman–Crippen MR) is 126 cm³/mol. The molecule has 1 aliphatic heterocycles. The fourth-order valence-corrected chi connectivity index (χ4v) is 4.76. The molecular formula is C22H21Cl2N5O2. The summed E-state index contributed by atoms with van der Waals surface area (Å²) < 4.78 is 1.28. The summed E-state index contributed by atoms with van der Waals surface area (Å²) in [6.45, 7) is 4.22. The van der Waals surface area contributed by atoms with Crippen molar-refractivity contribution in [1.29, 1.82) is 0 Å². The summed E-state index contributed by atoms with van der Waals surface area (Å²) in [7, 11) is 0. The van der Waals surface area contributed by atoms with E-state index >= 15 is 0 Å². The highest BCUT2D eigenvalue weighted by Crippen LogP contribution is 2.29. The number of fused-ring (bicyclic) bond motifs is 3. The maximum atomic E-state index is 13.0. The van der Waals surface area contributed by atoms with Crippen molar-refractivity contribution in [3.63, 3.8) is 0 Å². The molecule has 0 amide bonds. The minimum absolute atomic E-state index is 0.290. The second-order valence-electron chi connectivity index (χ2n) is 7.73. The Kier molecular flexibility index (Phi) is 5.25. The first-order valence-corrected chi connectivity index (χ1v) is 10.9. The number of hydrogen-bond acceptors (Lipinski definition) is 4. The normalized spacial score (nSPS) is 15.2. The molecule has 0 bridgehead atoms. The lowest BCUT2D eigenvalue weighted by Gasteiger charge is -2.36. The third-order valence-electron chi connectivity index (χ3n) is 5.90. The van der Waals surface area contributed by atoms with E-state index in [-0.39, 0.29) is 11.2 Å². The highest BCUT2D eigenvalue weighted by Gasteiger charge is 2.20. The standard InChI is InChI=1S/C22H21Cl2N5O2/c23-14-5-6-18(16(24)13-14)28-10-7-27(8-11-28)9-12-29-21(30)20-19(26-22(29)31)15-3-1-2-4-17(15)25-20/h1-6,13,25H,7-12H2,(H,26,31). The van der Waals surface area contributed by atoms with Crippen LogP contribution in [-0.2, 0) is 6.54 Å². The molecule has 3 heterocycles. The van der Waals surface area contributed by atoms with Crippen molar-refractivity contribution >= 4 is 50.8 Å². The van der Waals surface area contributed by atoms with Crippen LogP contribution in [0.1, 0.15) is 0 Å². The number of para-hydroxylation sites is 1. The Morgan fingerprint density at radius 1 is 0.871 bits per heavy atom. The number of anilines is 1. The minimum Gasteiger partial charge on any atom is -0.368 e. The Bertz CT molecular complexity index is 1380. The Hall–Kier alpha value is -2.74. The molecule has 0 radical (unpaired) electrons. The molecule has 1 fully saturated rings. The largest absolute Gasteiger partial charge is 0.368 e. The number of rotatable bonds is 4. The molecule has 4 aromatic rings. The predicted octanol–water partition coefficient (Wildman–Crippen LogP) is 3.30. The summed E-state index contributed by atoms with van der Waals surface area (Å²) in [4.78, 5) is 36.1. The van der Waals surface area contributed by atoms with Crippen molar-refractivity contribution < 1.29 is 0 Å². The van der Waals surface area contributed by atoms with Crippen molar-refractivity contribution in [2.75, 3.05) is 37.6 Å². The van der Waals surface area contributed by atoms with Gasteiger partial charge in [-0.05, 0) is 24.3 Å². The number of nitrogens with one attached hydrogen (secondary N) is 2. The van der Waals surface area contributed by atoms with E-state index in [1.165, 1.54) is 4.57 Å². The highest BCUT2D eigenvalue weighted by molar-refractivity contribution is 6.36. The van der Waals surface area contributed by atoms with E-state index in [0.717, 1.165) is 42.8 Å². The molecular weight excluding hydrogens is 437 g/mol. The average molecular weight is 458 g/mol. The molecule has 0 unspecified atom stereocenters. The van der Waals surface area contributed by atoms with Gasteiger partial charge in [-0.25, -0.2) is 4.79 Å². The van der Waals surface area contributed by atoms with Gasteiger partial charge in [0.2, 0.25) is 0 Å². The van der Waals surface area contributed by atoms with Gasteiger partial charge in [0, 0.05) is 55.2 Å². The number of piperazine rings is 1. The van der Waals surface area contributed by atoms with E-state index in [4.69, 9.17) is 23.2 Å². The molecule has 2 aromatic carbocycles. The van der Waals surface area contributed by atoms with Gasteiger partial charge in [-0.1, -0.05) is 41.4 Å². The topological polar surface area (TPSA) is 77.1 Å². The Labute approximate surface area is 187 Å². The fraction of sp³-hybridized carbons (Fsp3) is 0.273. The second-order valence-corrected chi connectivity index (χ2v) is 8.58. The van der Waals surface area contributed by atoms with E-state index in [2.05, 4.69) is 19.8 Å². The SMILES string of the molecule is O=c1[nH]c2c([nH]c3ccccc32)c(=O)n1CCN1CCN(c2ccc(Cl)cc2Cl)CC1. The van der Waals surface area contributed by atoms with Crippen LogP contribution in [0, 0.1) is 0 Å². The lowest BCUT2D eigenvalue weighted by atomic mass is 10.2. The van der Waals surface area contributed by atoms with Crippen molar-refractivity contribution in [2.24, 2.45) is 0 Å². The van der Waals surface area contributed by atoms with Crippen molar-refractivity contribution in [2.45, 2.75) is 6.54 Å². The monoisotopic (exact) mass is 457 g/mol. The zero-order valence-electron chi connectivity index (χ0n) is 16.7. The van der Waals surface area contributed by atoms with Crippen LogP contribution >= 0.6 is 23.2 Å². The molecule has 9 heteroatoms. The molecule has 0 atom stereocenters. The smallest absolute Gasteiger partial charge is 0.328 e. The number of aromatic nitrogens is 3. The van der Waals surface area contributed by atoms with Crippen LogP contribution in [0.5, 0.6) is 0 Å². The van der Waals surface area contributed by atoms with Gasteiger partial charge in [0.25, 0.3) is 5.56 Å². The van der Waals surface area contributed by atoms with Gasteiger partial charge in [-0.15, -0.1) is 0 Å². The van der Waals surface area contributed by atoms with Crippen LogP contribution in [0.15, 0.2) is 52.1 Å². The third kappa shape index (κ3) is 3.73. The average Bonchev–Trinajstić information content (AvgIpc) is 3.13. The van der Waals surface area contributed by atoms with Gasteiger partial charge in [-0.2, -0.15) is 0 Å². The van der Waals surface area contributed by atoms with Gasteiger partial charge < -0.3 is 14.9 Å². The maximum Gasteiger partial charge on any atom is 0.328 e. The number of nitrogens with zero attached hydrogens (tertiary/aromatic N) is 3. The van der Waals surface area contributed by atoms with Crippen LogP contribution in [0.25, 0.3) is 21.9 Å². The lowest BCUT2D eigenvalue weighted by Crippen LogP contribution is -2.48. The first-order valence-electron chi connectivity index (χ1n) is 10.2. The minimum atomic E-state index is -0.381. The molecule has 1 aliphatic rings. The van der Waals surface area contributed by atoms with Gasteiger partial charge in [-0.3, -0.25) is 14.3 Å². The van der Waals surface area contributed by atoms with Gasteiger partial charge in [0.15, 0.2) is 0 Å². The second kappa shape index (κ2) is 8.07. The van der Waals surface area contributed by atoms with Crippen LogP contribution < -0.4 is 16.1 Å². The molecule has 5 rings (SSSR count). The van der Waals surface area contributed by atoms with Gasteiger partial charge >= 0.3 is 5.69 Å². The van der Waals surface area contributed by atoms with Crippen LogP contribution in [-0.4, -0.2) is 52.2 Å². The van der Waals surface area contributed by atoms with Crippen molar-refractivity contribution in [3.8, 4) is 0 Å². The maximum absolute atomic E-state index is 13.0. The molecule has 0 spiro atoms. The summed E-state index contributed by atoms with van der Waals surface area (Å²) in [5.74, 6) is 0. The molecule has 0 saturated carbocycles. The van der Waals surface area contributed by atoms with E-state index in [0.29, 0.717) is 34.2 Å². The molecule has 160 valence electrons. The van der Waals surface area contributed by atoms with E-state index in [1.807, 2.05) is 36.4 Å². The molecule has 31 heavy (non-hydrogen) atoms. The zero-order valence-corrected chi connectivity index (χ0v) is 18.2. The third-order valence-corrected chi connectivity index (χ3v) is 6.44. The van der Waals surface area contributed by atoms with E-state index in [1.54, 1.807) is 6.07 Å². The lowest BCUT2D eigenvalue weighted by molar-refractivity contribution is 0.246. The van der Waals surface area contributed by atoms with E-state index < -0.39 is 0 Å². The first kappa shape index (κ1) is 20.2. The van der Waals surface area contributed by atoms with E-state index in [9.17, 15) is 9.59 Å². The van der Waals surface area contributed by atoms with Crippen LogP contribution in [0.4, 0.5) is 5.69 Å². The molecule has 1 saturated heterocycles. The summed E-state index contributed by atoms with van der Waals surface area (Å²) in [5, 5.41) is 2.11. The molecule has 2 N–H and O–H groups in total. The Balaban J connectivity index is 1.30. The number of halogens is 2. The number of aromatic amines is 2. The van der Waals surface area contributed by atoms with Crippen LogP contribution in [0.2, 0.25) is 10.0 Å². The molecule has 7 nitrogen and oxygen atoms in total. The Morgan fingerprint density at radius 2 is 1.65 bits per heavy atom. The number of benzene rings is 2. The molecule has 2 aromatic heterocycles. The quantitative estimate of drug-likeness (QED) is 0.492. The summed E-state index contributed by atoms with van der Waals surface area (Å²) in [6.07, 6.45) is 0. The summed E-state index contributed by atoms with van der Waals surface area (Å²) in [5.41, 5.74) is 2.14. The van der Waals surface area contributed by atoms with Crippen molar-refractivity contribution in [3.05, 3.63) is 73.3 Å². The zero-order chi connectivity index (χ0) is 21.5. The van der Waals surface area contributed by atoms with Crippen molar-refractivity contribution in [1.82, 2.24) is 19.4 Å².